The Balaban J connectivity index is 1.61. The van der Waals surface area contributed by atoms with Gasteiger partial charge in [-0.1, -0.05) is 30.3 Å². The van der Waals surface area contributed by atoms with Crippen LogP contribution in [0.5, 0.6) is 0 Å². The van der Waals surface area contributed by atoms with Gasteiger partial charge in [0.15, 0.2) is 0 Å². The number of hydrogen-bond acceptors (Lipinski definition) is 8. The topological polar surface area (TPSA) is 63.6 Å². The quantitative estimate of drug-likeness (QED) is 0.114. The summed E-state index contributed by atoms with van der Waals surface area (Å²) in [6, 6.07) is 17.9. The molecule has 4 aromatic rings. The van der Waals surface area contributed by atoms with E-state index in [9.17, 15) is 17.6 Å². The molecule has 0 aliphatic carbocycles. The molecular weight excluding hydrogens is 534 g/mol. The number of benzene rings is 2. The predicted octanol–water partition coefficient (Wildman–Crippen LogP) is 6.28. The zero-order valence-electron chi connectivity index (χ0n) is 20.7. The fraction of sp³-hybridized carbons (Fsp3) is 0.222. The van der Waals surface area contributed by atoms with Crippen LogP contribution in [0.25, 0.3) is 22.4 Å². The molecule has 1 aliphatic heterocycles. The van der Waals surface area contributed by atoms with Gasteiger partial charge in [-0.15, -0.1) is 0 Å². The van der Waals surface area contributed by atoms with Gasteiger partial charge in [-0.3, -0.25) is 0 Å². The SMILES string of the molecule is COOSc1ccc(-c2nc(C(F)(F)F)nc(N3CCN(c4ccccn4)CC3)c2-c2ccc(F)cc2)cc1. The van der Waals surface area contributed by atoms with Gasteiger partial charge in [-0.25, -0.2) is 24.2 Å². The lowest BCUT2D eigenvalue weighted by Crippen LogP contribution is -2.47. The van der Waals surface area contributed by atoms with Crippen molar-refractivity contribution in [2.75, 3.05) is 43.1 Å². The molecule has 0 atom stereocenters. The van der Waals surface area contributed by atoms with E-state index in [1.807, 2.05) is 23.1 Å². The van der Waals surface area contributed by atoms with Crippen molar-refractivity contribution in [1.82, 2.24) is 15.0 Å². The van der Waals surface area contributed by atoms with E-state index in [1.54, 1.807) is 30.5 Å². The summed E-state index contributed by atoms with van der Waals surface area (Å²) in [6.45, 7) is 1.88. The molecule has 0 radical (unpaired) electrons. The second-order valence-electron chi connectivity index (χ2n) is 8.60. The van der Waals surface area contributed by atoms with E-state index < -0.39 is 17.8 Å². The number of aromatic nitrogens is 3. The molecule has 2 aromatic carbocycles. The molecule has 0 bridgehead atoms. The maximum atomic E-state index is 14.1. The molecule has 1 aliphatic rings. The molecule has 1 saturated heterocycles. The van der Waals surface area contributed by atoms with Crippen LogP contribution in [0.2, 0.25) is 0 Å². The molecule has 0 spiro atoms. The minimum atomic E-state index is -4.78. The minimum absolute atomic E-state index is 0.0929. The van der Waals surface area contributed by atoms with Crippen LogP contribution in [0.15, 0.2) is 77.8 Å². The molecule has 0 unspecified atom stereocenters. The zero-order valence-corrected chi connectivity index (χ0v) is 21.5. The van der Waals surface area contributed by atoms with Gasteiger partial charge in [-0.05, 0) is 42.0 Å². The van der Waals surface area contributed by atoms with Crippen molar-refractivity contribution < 1.29 is 26.8 Å². The second-order valence-corrected chi connectivity index (χ2v) is 9.38. The maximum absolute atomic E-state index is 14.1. The first-order chi connectivity index (χ1) is 18.8. The first-order valence-corrected chi connectivity index (χ1v) is 12.7. The molecule has 3 heterocycles. The van der Waals surface area contributed by atoms with Crippen molar-refractivity contribution in [3.05, 3.63) is 84.6 Å². The molecular formula is C27H23F4N5O2S. The van der Waals surface area contributed by atoms with Crippen molar-refractivity contribution in [1.29, 1.82) is 0 Å². The average Bonchev–Trinajstić information content (AvgIpc) is 2.96. The van der Waals surface area contributed by atoms with E-state index in [2.05, 4.69) is 24.7 Å². The van der Waals surface area contributed by atoms with Gasteiger partial charge in [0, 0.05) is 42.8 Å². The molecule has 7 nitrogen and oxygen atoms in total. The van der Waals surface area contributed by atoms with Crippen molar-refractivity contribution in [2.24, 2.45) is 0 Å². The van der Waals surface area contributed by atoms with Gasteiger partial charge in [0.1, 0.15) is 17.5 Å². The van der Waals surface area contributed by atoms with Gasteiger partial charge in [0.2, 0.25) is 5.82 Å². The van der Waals surface area contributed by atoms with Crippen LogP contribution in [0, 0.1) is 5.82 Å². The summed E-state index contributed by atoms with van der Waals surface area (Å²) in [4.78, 5) is 21.5. The molecule has 0 amide bonds. The highest BCUT2D eigenvalue weighted by atomic mass is 32.2. The lowest BCUT2D eigenvalue weighted by molar-refractivity contribution is -0.160. The van der Waals surface area contributed by atoms with E-state index in [-0.39, 0.29) is 11.5 Å². The lowest BCUT2D eigenvalue weighted by atomic mass is 9.98. The monoisotopic (exact) mass is 557 g/mol. The van der Waals surface area contributed by atoms with Gasteiger partial charge < -0.3 is 9.80 Å². The van der Waals surface area contributed by atoms with Crippen molar-refractivity contribution in [2.45, 2.75) is 11.1 Å². The molecule has 0 saturated carbocycles. The predicted molar refractivity (Wildman–Crippen MR) is 140 cm³/mol. The molecule has 39 heavy (non-hydrogen) atoms. The number of halogens is 4. The van der Waals surface area contributed by atoms with E-state index in [1.165, 1.54) is 31.4 Å². The minimum Gasteiger partial charge on any atom is -0.353 e. The average molecular weight is 558 g/mol. The smallest absolute Gasteiger partial charge is 0.353 e. The van der Waals surface area contributed by atoms with Crippen molar-refractivity contribution in [3.63, 3.8) is 0 Å². The van der Waals surface area contributed by atoms with Gasteiger partial charge in [-0.2, -0.15) is 17.5 Å². The molecule has 0 N–H and O–H groups in total. The van der Waals surface area contributed by atoms with E-state index >= 15 is 0 Å². The van der Waals surface area contributed by atoms with Gasteiger partial charge in [0.05, 0.1) is 30.4 Å². The summed E-state index contributed by atoms with van der Waals surface area (Å²) >= 11 is 0.963. The third-order valence-electron chi connectivity index (χ3n) is 6.15. The van der Waals surface area contributed by atoms with E-state index in [4.69, 9.17) is 4.33 Å². The van der Waals surface area contributed by atoms with Gasteiger partial charge in [0.25, 0.3) is 0 Å². The highest BCUT2D eigenvalue weighted by Crippen LogP contribution is 2.41. The normalized spacial score (nSPS) is 14.1. The van der Waals surface area contributed by atoms with Crippen LogP contribution >= 0.6 is 12.0 Å². The Kier molecular flexibility index (Phi) is 7.96. The van der Waals surface area contributed by atoms with E-state index in [0.717, 1.165) is 17.9 Å². The lowest BCUT2D eigenvalue weighted by Gasteiger charge is -2.37. The Morgan fingerprint density at radius 2 is 1.49 bits per heavy atom. The van der Waals surface area contributed by atoms with Crippen molar-refractivity contribution in [3.8, 4) is 22.4 Å². The van der Waals surface area contributed by atoms with Crippen LogP contribution in [0.4, 0.5) is 29.2 Å². The highest BCUT2D eigenvalue weighted by Gasteiger charge is 2.38. The summed E-state index contributed by atoms with van der Waals surface area (Å²) in [6.07, 6.45) is -3.07. The number of hydrogen-bond donors (Lipinski definition) is 0. The molecule has 5 rings (SSSR count). The number of pyridine rings is 1. The number of nitrogens with zero attached hydrogens (tertiary/aromatic N) is 5. The Morgan fingerprint density at radius 1 is 0.821 bits per heavy atom. The van der Waals surface area contributed by atoms with Crippen LogP contribution in [0.3, 0.4) is 0 Å². The first kappa shape index (κ1) is 26.9. The molecule has 1 fully saturated rings. The largest absolute Gasteiger partial charge is 0.451 e. The Hall–Kier alpha value is -3.74. The summed E-state index contributed by atoms with van der Waals surface area (Å²) in [5.74, 6) is -0.767. The summed E-state index contributed by atoms with van der Waals surface area (Å²) in [5, 5.41) is 0. The number of piperazine rings is 1. The van der Waals surface area contributed by atoms with Crippen LogP contribution in [-0.4, -0.2) is 48.2 Å². The van der Waals surface area contributed by atoms with Crippen molar-refractivity contribution >= 4 is 23.7 Å². The zero-order chi connectivity index (χ0) is 27.4. The standard InChI is InChI=1S/C27H23F4N5O2S/c1-37-38-39-21-11-7-19(8-12-21)24-23(18-5-9-20(28)10-6-18)25(34-26(33-24)27(29,30)31)36-16-14-35(15-17-36)22-4-2-3-13-32-22/h2-13H,14-17H2,1H3. The third kappa shape index (κ3) is 6.13. The summed E-state index contributed by atoms with van der Waals surface area (Å²) < 4.78 is 60.9. The Labute approximate surface area is 226 Å². The van der Waals surface area contributed by atoms with Crippen LogP contribution < -0.4 is 9.80 Å². The van der Waals surface area contributed by atoms with Crippen LogP contribution in [-0.2, 0) is 15.4 Å². The molecule has 12 heteroatoms. The van der Waals surface area contributed by atoms with Gasteiger partial charge >= 0.3 is 6.18 Å². The summed E-state index contributed by atoms with van der Waals surface area (Å²) in [7, 11) is 1.37. The fourth-order valence-electron chi connectivity index (χ4n) is 4.33. The molecule has 2 aromatic heterocycles. The number of rotatable bonds is 7. The third-order valence-corrected chi connectivity index (χ3v) is 6.82. The van der Waals surface area contributed by atoms with Crippen LogP contribution in [0.1, 0.15) is 5.82 Å². The Bertz CT molecular complexity index is 1400. The second kappa shape index (κ2) is 11.6. The first-order valence-electron chi connectivity index (χ1n) is 12.0. The maximum Gasteiger partial charge on any atom is 0.451 e. The number of alkyl halides is 3. The number of anilines is 2. The summed E-state index contributed by atoms with van der Waals surface area (Å²) in [5.41, 5.74) is 1.43. The molecule has 202 valence electrons. The van der Waals surface area contributed by atoms with E-state index in [0.29, 0.717) is 47.8 Å². The fourth-order valence-corrected chi connectivity index (χ4v) is 4.72. The highest BCUT2D eigenvalue weighted by molar-refractivity contribution is 7.94. The Morgan fingerprint density at radius 3 is 2.10 bits per heavy atom.